The van der Waals surface area contributed by atoms with Gasteiger partial charge in [-0.05, 0) is 96.2 Å². The van der Waals surface area contributed by atoms with E-state index in [1.807, 2.05) is 0 Å². The van der Waals surface area contributed by atoms with Crippen LogP contribution in [0.4, 0.5) is 0 Å². The van der Waals surface area contributed by atoms with Crippen molar-refractivity contribution in [1.82, 2.24) is 9.80 Å². The van der Waals surface area contributed by atoms with Gasteiger partial charge in [-0.1, -0.05) is 13.8 Å². The van der Waals surface area contributed by atoms with Gasteiger partial charge in [0.25, 0.3) is 0 Å². The summed E-state index contributed by atoms with van der Waals surface area (Å²) in [7, 11) is -0.323. The molecule has 3 heterocycles. The van der Waals surface area contributed by atoms with E-state index in [0.29, 0.717) is 12.1 Å². The first-order valence-corrected chi connectivity index (χ1v) is 12.7. The van der Waals surface area contributed by atoms with Gasteiger partial charge in [-0.15, -0.1) is 0 Å². The summed E-state index contributed by atoms with van der Waals surface area (Å²) in [5.74, 6) is 1.83. The normalized spacial score (nSPS) is 38.2. The highest BCUT2D eigenvalue weighted by Crippen LogP contribution is 2.50. The number of rotatable bonds is 3. The van der Waals surface area contributed by atoms with Gasteiger partial charge in [0.05, 0.1) is 16.6 Å². The highest BCUT2D eigenvalue weighted by atomic mass is 16.7. The summed E-state index contributed by atoms with van der Waals surface area (Å²) in [6.45, 7) is 19.8. The predicted octanol–water partition coefficient (Wildman–Crippen LogP) is 4.58. The lowest BCUT2D eigenvalue weighted by Gasteiger charge is -2.46. The fourth-order valence-electron chi connectivity index (χ4n) is 6.20. The Labute approximate surface area is 194 Å². The van der Waals surface area contributed by atoms with Crippen LogP contribution in [0.3, 0.4) is 0 Å². The molecule has 32 heavy (non-hydrogen) atoms. The Hall–Kier alpha value is -1.11. The minimum atomic E-state index is -0.408. The lowest BCUT2D eigenvalue weighted by molar-refractivity contribution is -0.138. The number of allylic oxidation sites excluding steroid dienone is 2. The molecule has 0 radical (unpaired) electrons. The van der Waals surface area contributed by atoms with Crippen LogP contribution in [0.15, 0.2) is 22.8 Å². The second-order valence-electron chi connectivity index (χ2n) is 12.7. The van der Waals surface area contributed by atoms with E-state index in [4.69, 9.17) is 9.31 Å². The summed E-state index contributed by atoms with van der Waals surface area (Å²) in [5.41, 5.74) is 2.52. The zero-order valence-electron chi connectivity index (χ0n) is 21.3. The van der Waals surface area contributed by atoms with Crippen LogP contribution in [-0.4, -0.2) is 59.2 Å². The predicted molar refractivity (Wildman–Crippen MR) is 128 cm³/mol. The second-order valence-corrected chi connectivity index (χ2v) is 12.7. The monoisotopic (exact) mass is 440 g/mol. The largest absolute Gasteiger partial charge is 0.490 e. The third-order valence-electron chi connectivity index (χ3n) is 9.60. The molecule has 1 saturated carbocycles. The van der Waals surface area contributed by atoms with Gasteiger partial charge in [-0.2, -0.15) is 0 Å². The average molecular weight is 440 g/mol. The zero-order chi connectivity index (χ0) is 23.2. The molecule has 176 valence electrons. The Balaban J connectivity index is 1.36. The van der Waals surface area contributed by atoms with E-state index in [0.717, 1.165) is 43.2 Å². The first kappa shape index (κ1) is 22.7. The van der Waals surface area contributed by atoms with Crippen molar-refractivity contribution in [2.24, 2.45) is 17.3 Å². The van der Waals surface area contributed by atoms with Gasteiger partial charge in [-0.3, -0.25) is 9.69 Å². The third kappa shape index (κ3) is 3.27. The summed E-state index contributed by atoms with van der Waals surface area (Å²) in [5, 5.41) is 0. The Kier molecular flexibility index (Phi) is 5.10. The molecule has 0 bridgehead atoms. The Morgan fingerprint density at radius 3 is 2.03 bits per heavy atom. The van der Waals surface area contributed by atoms with E-state index in [9.17, 15) is 4.79 Å². The molecule has 5 aliphatic rings. The number of carbonyl (C=O) groups excluding carboxylic acids is 1. The van der Waals surface area contributed by atoms with Crippen molar-refractivity contribution in [1.29, 1.82) is 0 Å². The molecule has 3 fully saturated rings. The van der Waals surface area contributed by atoms with Gasteiger partial charge >= 0.3 is 7.12 Å². The molecule has 0 aromatic rings. The lowest BCUT2D eigenvalue weighted by Crippen LogP contribution is -2.54. The topological polar surface area (TPSA) is 42.0 Å². The molecule has 0 aromatic carbocycles. The number of nitrogens with zero attached hydrogens (tertiary/aromatic N) is 2. The molecule has 6 heteroatoms. The van der Waals surface area contributed by atoms with Crippen LogP contribution >= 0.6 is 0 Å². The summed E-state index contributed by atoms with van der Waals surface area (Å²) in [6, 6.07) is 0.947. The minimum absolute atomic E-state index is 0.278. The Bertz CT molecular complexity index is 858. The first-order valence-electron chi connectivity index (χ1n) is 12.7. The van der Waals surface area contributed by atoms with Gasteiger partial charge in [0, 0.05) is 30.9 Å². The number of hydrogen-bond donors (Lipinski definition) is 0. The van der Waals surface area contributed by atoms with Crippen molar-refractivity contribution in [3.05, 3.63) is 22.8 Å². The van der Waals surface area contributed by atoms with Gasteiger partial charge in [0.1, 0.15) is 0 Å². The van der Waals surface area contributed by atoms with E-state index in [2.05, 4.69) is 71.3 Å². The number of likely N-dealkylation sites (tertiary alicyclic amines) is 1. The summed E-state index contributed by atoms with van der Waals surface area (Å²) in [6.07, 6.45) is 6.24. The van der Waals surface area contributed by atoms with Crippen LogP contribution in [0, 0.1) is 17.3 Å². The van der Waals surface area contributed by atoms with Crippen LogP contribution in [0.25, 0.3) is 0 Å². The van der Waals surface area contributed by atoms with Crippen LogP contribution in [-0.2, 0) is 14.1 Å². The number of amides is 1. The SMILES string of the molecule is C[C@@H]1CN(C2CC(N3C(=O)C(C)(C)C4=C3C=C(B3OC(C)(C)C(C)(C)O3)CC4)C2)C[C@@H]1C. The average Bonchev–Trinajstić information content (AvgIpc) is 3.17. The van der Waals surface area contributed by atoms with Crippen molar-refractivity contribution < 1.29 is 14.1 Å². The molecule has 5 rings (SSSR count). The second kappa shape index (κ2) is 7.20. The maximum absolute atomic E-state index is 13.6. The summed E-state index contributed by atoms with van der Waals surface area (Å²) >= 11 is 0. The van der Waals surface area contributed by atoms with Crippen molar-refractivity contribution in [2.75, 3.05) is 13.1 Å². The van der Waals surface area contributed by atoms with Crippen molar-refractivity contribution in [2.45, 2.75) is 104 Å². The fraction of sp³-hybridized carbons (Fsp3) is 0.808. The van der Waals surface area contributed by atoms with Crippen molar-refractivity contribution in [3.8, 4) is 0 Å². The van der Waals surface area contributed by atoms with Gasteiger partial charge in [0.2, 0.25) is 5.91 Å². The van der Waals surface area contributed by atoms with Crippen LogP contribution in [0.2, 0.25) is 0 Å². The fourth-order valence-corrected chi connectivity index (χ4v) is 6.20. The van der Waals surface area contributed by atoms with E-state index < -0.39 is 5.41 Å². The first-order chi connectivity index (χ1) is 14.8. The van der Waals surface area contributed by atoms with E-state index >= 15 is 0 Å². The van der Waals surface area contributed by atoms with Crippen LogP contribution < -0.4 is 0 Å². The quantitative estimate of drug-likeness (QED) is 0.603. The standard InChI is InChI=1S/C26H41BN2O3/c1-16-14-28(15-17(16)2)19-12-20(13-19)29-22-11-18(9-10-21(22)24(3,4)23(29)30)27-31-25(5,6)26(7,8)32-27/h11,16-17,19-20H,9-10,12-15H2,1-8H3/t16-,17+,19?,20?. The summed E-state index contributed by atoms with van der Waals surface area (Å²) in [4.78, 5) is 18.4. The minimum Gasteiger partial charge on any atom is -0.400 e. The molecule has 2 aliphatic carbocycles. The van der Waals surface area contributed by atoms with Crippen LogP contribution in [0.5, 0.6) is 0 Å². The van der Waals surface area contributed by atoms with E-state index in [1.54, 1.807) is 0 Å². The Morgan fingerprint density at radius 1 is 0.906 bits per heavy atom. The zero-order valence-corrected chi connectivity index (χ0v) is 21.3. The molecule has 2 atom stereocenters. The molecule has 0 aromatic heterocycles. The number of carbonyl (C=O) groups is 1. The molecule has 0 unspecified atom stereocenters. The van der Waals surface area contributed by atoms with Gasteiger partial charge in [-0.25, -0.2) is 0 Å². The maximum Gasteiger partial charge on any atom is 0.490 e. The van der Waals surface area contributed by atoms with Crippen molar-refractivity contribution >= 4 is 13.0 Å². The smallest absolute Gasteiger partial charge is 0.400 e. The third-order valence-corrected chi connectivity index (χ3v) is 9.60. The molecule has 0 spiro atoms. The maximum atomic E-state index is 13.6. The van der Waals surface area contributed by atoms with Crippen molar-refractivity contribution in [3.63, 3.8) is 0 Å². The summed E-state index contributed by atoms with van der Waals surface area (Å²) < 4.78 is 12.7. The molecular formula is C26H41BN2O3. The molecule has 3 aliphatic heterocycles. The molecule has 2 saturated heterocycles. The molecule has 0 N–H and O–H groups in total. The highest BCUT2D eigenvalue weighted by Gasteiger charge is 2.55. The highest BCUT2D eigenvalue weighted by molar-refractivity contribution is 6.54. The molecular weight excluding hydrogens is 399 g/mol. The lowest BCUT2D eigenvalue weighted by atomic mass is 9.70. The van der Waals surface area contributed by atoms with Gasteiger partial charge in [0.15, 0.2) is 0 Å². The van der Waals surface area contributed by atoms with Gasteiger partial charge < -0.3 is 14.2 Å². The number of hydrogen-bond acceptors (Lipinski definition) is 4. The molecule has 5 nitrogen and oxygen atoms in total. The van der Waals surface area contributed by atoms with Crippen LogP contribution in [0.1, 0.15) is 81.1 Å². The van der Waals surface area contributed by atoms with E-state index in [-0.39, 0.29) is 24.2 Å². The molecule has 1 amide bonds. The Morgan fingerprint density at radius 2 is 1.47 bits per heavy atom. The van der Waals surface area contributed by atoms with E-state index in [1.165, 1.54) is 24.1 Å².